The van der Waals surface area contributed by atoms with Gasteiger partial charge < -0.3 is 9.84 Å². The van der Waals surface area contributed by atoms with Crippen LogP contribution in [-0.2, 0) is 6.54 Å². The van der Waals surface area contributed by atoms with Crippen LogP contribution < -0.4 is 4.74 Å². The van der Waals surface area contributed by atoms with Crippen molar-refractivity contribution in [3.63, 3.8) is 0 Å². The molecule has 0 aromatic heterocycles. The van der Waals surface area contributed by atoms with Gasteiger partial charge in [-0.2, -0.15) is 0 Å². The number of likely N-dealkylation sites (tertiary alicyclic amines) is 1. The third-order valence-corrected chi connectivity index (χ3v) is 6.61. The number of aromatic carboxylic acids is 1. The third-order valence-electron chi connectivity index (χ3n) is 6.37. The minimum atomic E-state index is -1.24. The van der Waals surface area contributed by atoms with E-state index in [0.717, 1.165) is 54.2 Å². The second kappa shape index (κ2) is 9.16. The second-order valence-electron chi connectivity index (χ2n) is 9.03. The molecule has 1 heterocycles. The summed E-state index contributed by atoms with van der Waals surface area (Å²) in [6.07, 6.45) is 1.99. The molecule has 5 rings (SSSR count). The van der Waals surface area contributed by atoms with Gasteiger partial charge in [-0.1, -0.05) is 48.0 Å². The quantitative estimate of drug-likeness (QED) is 0.428. The summed E-state index contributed by atoms with van der Waals surface area (Å²) in [4.78, 5) is 13.6. The predicted molar refractivity (Wildman–Crippen MR) is 126 cm³/mol. The van der Waals surface area contributed by atoms with E-state index in [2.05, 4.69) is 35.2 Å². The Morgan fingerprint density at radius 2 is 1.82 bits per heavy atom. The number of hydrogen-bond donors (Lipinski definition) is 1. The topological polar surface area (TPSA) is 49.8 Å². The standard InChI is InChI=1S/C27H25ClFNO3/c28-22-3-1-2-21(10-22)19-6-4-17(5-7-19)13-30-14-18(15-30)16-33-26-12-25(29)24(27(31)32)11-23(26)20-8-9-20/h1-7,10-12,18,20H,8-9,13-16H2,(H,31,32). The maximum Gasteiger partial charge on any atom is 0.338 e. The Bertz CT molecular complexity index is 1170. The van der Waals surface area contributed by atoms with Crippen LogP contribution in [0.5, 0.6) is 5.75 Å². The van der Waals surface area contributed by atoms with Gasteiger partial charge in [-0.05, 0) is 59.2 Å². The Morgan fingerprint density at radius 3 is 2.48 bits per heavy atom. The number of carboxylic acids is 1. The maximum absolute atomic E-state index is 14.2. The molecule has 2 aliphatic rings. The molecule has 3 aromatic rings. The summed E-state index contributed by atoms with van der Waals surface area (Å²) >= 11 is 6.09. The van der Waals surface area contributed by atoms with Gasteiger partial charge in [0.05, 0.1) is 12.2 Å². The van der Waals surface area contributed by atoms with Gasteiger partial charge in [-0.3, -0.25) is 4.90 Å². The first-order valence-electron chi connectivity index (χ1n) is 11.2. The molecule has 4 nitrogen and oxygen atoms in total. The minimum Gasteiger partial charge on any atom is -0.493 e. The lowest BCUT2D eigenvalue weighted by molar-refractivity contribution is 0.0553. The molecule has 0 atom stereocenters. The van der Waals surface area contributed by atoms with Crippen molar-refractivity contribution in [1.29, 1.82) is 0 Å². The molecular formula is C27H25ClFNO3. The van der Waals surface area contributed by atoms with Crippen molar-refractivity contribution in [3.05, 3.63) is 88.2 Å². The lowest BCUT2D eigenvalue weighted by Crippen LogP contribution is -2.48. The fraction of sp³-hybridized carbons (Fsp3) is 0.296. The normalized spacial score (nSPS) is 16.4. The van der Waals surface area contributed by atoms with Gasteiger partial charge in [0.25, 0.3) is 0 Å². The Kier molecular flexibility index (Phi) is 6.09. The van der Waals surface area contributed by atoms with Crippen LogP contribution in [0.3, 0.4) is 0 Å². The molecule has 1 N–H and O–H groups in total. The molecular weight excluding hydrogens is 441 g/mol. The summed E-state index contributed by atoms with van der Waals surface area (Å²) in [5.74, 6) is -0.818. The van der Waals surface area contributed by atoms with E-state index in [-0.39, 0.29) is 11.5 Å². The maximum atomic E-state index is 14.2. The molecule has 3 aromatic carbocycles. The third kappa shape index (κ3) is 5.05. The Balaban J connectivity index is 1.14. The smallest absolute Gasteiger partial charge is 0.338 e. The highest BCUT2D eigenvalue weighted by molar-refractivity contribution is 6.30. The highest BCUT2D eigenvalue weighted by atomic mass is 35.5. The zero-order chi connectivity index (χ0) is 22.9. The molecule has 1 aliphatic carbocycles. The van der Waals surface area contributed by atoms with Crippen molar-refractivity contribution in [3.8, 4) is 16.9 Å². The zero-order valence-electron chi connectivity index (χ0n) is 18.1. The molecule has 0 unspecified atom stereocenters. The summed E-state index contributed by atoms with van der Waals surface area (Å²) in [5, 5.41) is 9.92. The number of rotatable bonds is 8. The summed E-state index contributed by atoms with van der Waals surface area (Å²) in [6.45, 7) is 3.23. The van der Waals surface area contributed by atoms with E-state index in [1.54, 1.807) is 0 Å². The number of carbonyl (C=O) groups is 1. The number of nitrogens with zero attached hydrogens (tertiary/aromatic N) is 1. The van der Waals surface area contributed by atoms with Crippen LogP contribution in [0.15, 0.2) is 60.7 Å². The number of benzene rings is 3. The van der Waals surface area contributed by atoms with Crippen molar-refractivity contribution < 1.29 is 19.0 Å². The summed E-state index contributed by atoms with van der Waals surface area (Å²) in [7, 11) is 0. The van der Waals surface area contributed by atoms with Gasteiger partial charge in [-0.25, -0.2) is 9.18 Å². The van der Waals surface area contributed by atoms with Crippen LogP contribution in [0.1, 0.15) is 40.2 Å². The predicted octanol–water partition coefficient (Wildman–Crippen LogP) is 6.23. The number of halogens is 2. The highest BCUT2D eigenvalue weighted by Crippen LogP contribution is 2.45. The summed E-state index contributed by atoms with van der Waals surface area (Å²) < 4.78 is 20.1. The molecule has 170 valence electrons. The lowest BCUT2D eigenvalue weighted by Gasteiger charge is -2.39. The van der Waals surface area contributed by atoms with E-state index in [0.29, 0.717) is 18.3 Å². The summed E-state index contributed by atoms with van der Waals surface area (Å²) in [5.41, 5.74) is 4.05. The molecule has 0 spiro atoms. The Labute approximate surface area is 197 Å². The van der Waals surface area contributed by atoms with Gasteiger partial charge in [-0.15, -0.1) is 0 Å². The van der Waals surface area contributed by atoms with Crippen molar-refractivity contribution in [1.82, 2.24) is 4.90 Å². The van der Waals surface area contributed by atoms with Crippen LogP contribution in [0.4, 0.5) is 4.39 Å². The van der Waals surface area contributed by atoms with Gasteiger partial charge in [0, 0.05) is 36.6 Å². The summed E-state index contributed by atoms with van der Waals surface area (Å²) in [6, 6.07) is 19.1. The monoisotopic (exact) mass is 465 g/mol. The molecule has 0 bridgehead atoms. The molecule has 0 radical (unpaired) electrons. The molecule has 33 heavy (non-hydrogen) atoms. The van der Waals surface area contributed by atoms with Crippen molar-refractivity contribution >= 4 is 17.6 Å². The van der Waals surface area contributed by atoms with E-state index in [4.69, 9.17) is 16.3 Å². The average molecular weight is 466 g/mol. The van der Waals surface area contributed by atoms with Gasteiger partial charge in [0.1, 0.15) is 11.6 Å². The van der Waals surface area contributed by atoms with E-state index in [9.17, 15) is 14.3 Å². The number of ether oxygens (including phenoxy) is 1. The van der Waals surface area contributed by atoms with Crippen LogP contribution in [0.2, 0.25) is 5.02 Å². The van der Waals surface area contributed by atoms with E-state index in [1.165, 1.54) is 17.7 Å². The van der Waals surface area contributed by atoms with Gasteiger partial charge >= 0.3 is 5.97 Å². The first kappa shape index (κ1) is 21.9. The molecule has 2 fully saturated rings. The number of hydrogen-bond acceptors (Lipinski definition) is 3. The zero-order valence-corrected chi connectivity index (χ0v) is 18.9. The first-order valence-corrected chi connectivity index (χ1v) is 11.6. The van der Waals surface area contributed by atoms with E-state index >= 15 is 0 Å². The molecule has 1 aliphatic heterocycles. The second-order valence-corrected chi connectivity index (χ2v) is 9.46. The largest absolute Gasteiger partial charge is 0.493 e. The fourth-order valence-corrected chi connectivity index (χ4v) is 4.61. The van der Waals surface area contributed by atoms with Crippen molar-refractivity contribution in [2.45, 2.75) is 25.3 Å². The van der Waals surface area contributed by atoms with Crippen molar-refractivity contribution in [2.24, 2.45) is 5.92 Å². The fourth-order valence-electron chi connectivity index (χ4n) is 4.42. The van der Waals surface area contributed by atoms with Crippen LogP contribution in [0, 0.1) is 11.7 Å². The average Bonchev–Trinajstić information content (AvgIpc) is 3.61. The Hall–Kier alpha value is -2.89. The first-order chi connectivity index (χ1) is 16.0. The van der Waals surface area contributed by atoms with E-state index < -0.39 is 11.8 Å². The SMILES string of the molecule is O=C(O)c1cc(C2CC2)c(OCC2CN(Cc3ccc(-c4cccc(Cl)c4)cc3)C2)cc1F. The highest BCUT2D eigenvalue weighted by Gasteiger charge is 2.31. The lowest BCUT2D eigenvalue weighted by atomic mass is 9.99. The van der Waals surface area contributed by atoms with E-state index in [1.807, 2.05) is 18.2 Å². The molecule has 0 amide bonds. The van der Waals surface area contributed by atoms with Gasteiger partial charge in [0.15, 0.2) is 0 Å². The van der Waals surface area contributed by atoms with Crippen LogP contribution >= 0.6 is 11.6 Å². The van der Waals surface area contributed by atoms with Crippen molar-refractivity contribution in [2.75, 3.05) is 19.7 Å². The van der Waals surface area contributed by atoms with Crippen LogP contribution in [0.25, 0.3) is 11.1 Å². The van der Waals surface area contributed by atoms with Crippen LogP contribution in [-0.4, -0.2) is 35.7 Å². The minimum absolute atomic E-state index is 0.277. The number of carboxylic acid groups (broad SMARTS) is 1. The molecule has 1 saturated carbocycles. The molecule has 1 saturated heterocycles. The Morgan fingerprint density at radius 1 is 1.06 bits per heavy atom. The molecule has 6 heteroatoms. The van der Waals surface area contributed by atoms with Gasteiger partial charge in [0.2, 0.25) is 0 Å².